The summed E-state index contributed by atoms with van der Waals surface area (Å²) in [7, 11) is 0. The van der Waals surface area contributed by atoms with Crippen LogP contribution in [0.25, 0.3) is 0 Å². The molecular weight excluding hydrogens is 238 g/mol. The number of allylic oxidation sites excluding steroid dienone is 6. The van der Waals surface area contributed by atoms with Crippen molar-refractivity contribution in [2.75, 3.05) is 0 Å². The van der Waals surface area contributed by atoms with Gasteiger partial charge in [0.1, 0.15) is 17.2 Å². The van der Waals surface area contributed by atoms with Gasteiger partial charge in [0, 0.05) is 23.8 Å². The van der Waals surface area contributed by atoms with Gasteiger partial charge in [-0.3, -0.25) is 5.43 Å². The Morgan fingerprint density at radius 2 is 2.32 bits per heavy atom. The molecule has 0 saturated heterocycles. The van der Waals surface area contributed by atoms with E-state index in [4.69, 9.17) is 0 Å². The molecule has 1 heterocycles. The Morgan fingerprint density at radius 3 is 3.00 bits per heavy atom. The van der Waals surface area contributed by atoms with Crippen LogP contribution in [0.15, 0.2) is 69.3 Å². The summed E-state index contributed by atoms with van der Waals surface area (Å²) in [5.41, 5.74) is 7.02. The molecule has 0 aromatic rings. The molecule has 0 fully saturated rings. The molecule has 0 aromatic carbocycles. The lowest BCUT2D eigenvalue weighted by molar-refractivity contribution is 0.424. The number of fused-ring (bicyclic) bond motifs is 1. The molecule has 2 unspecified atom stereocenters. The van der Waals surface area contributed by atoms with Gasteiger partial charge in [-0.15, -0.1) is 5.11 Å². The zero-order chi connectivity index (χ0) is 13.4. The highest BCUT2D eigenvalue weighted by Crippen LogP contribution is 2.34. The average Bonchev–Trinajstić information content (AvgIpc) is 2.86. The van der Waals surface area contributed by atoms with E-state index in [1.54, 1.807) is 0 Å². The molecule has 19 heavy (non-hydrogen) atoms. The van der Waals surface area contributed by atoms with Gasteiger partial charge in [-0.05, 0) is 13.5 Å². The van der Waals surface area contributed by atoms with Crippen LogP contribution >= 0.6 is 0 Å². The minimum absolute atomic E-state index is 0.0137. The van der Waals surface area contributed by atoms with Crippen molar-refractivity contribution >= 4 is 0 Å². The molecule has 2 aliphatic carbocycles. The highest BCUT2D eigenvalue weighted by molar-refractivity contribution is 5.56. The minimum Gasteiger partial charge on any atom is -0.464 e. The summed E-state index contributed by atoms with van der Waals surface area (Å²) in [6.07, 6.45) is 12.1. The van der Waals surface area contributed by atoms with Crippen molar-refractivity contribution in [3.63, 3.8) is 0 Å². The molecule has 0 amide bonds. The van der Waals surface area contributed by atoms with Crippen LogP contribution in [0.4, 0.5) is 0 Å². The SMILES string of the molecule is C=C(O)C1=CC2NN=NC2C(=C2C=CC(C)=C[CH+]2)[CH+]1. The second-order valence-corrected chi connectivity index (χ2v) is 4.85. The smallest absolute Gasteiger partial charge is 0.196 e. The second-order valence-electron chi connectivity index (χ2n) is 4.85. The van der Waals surface area contributed by atoms with Crippen molar-refractivity contribution in [2.45, 2.75) is 19.0 Å². The summed E-state index contributed by atoms with van der Waals surface area (Å²) in [5, 5.41) is 17.7. The lowest BCUT2D eigenvalue weighted by Gasteiger charge is -2.17. The van der Waals surface area contributed by atoms with Crippen molar-refractivity contribution in [1.29, 1.82) is 0 Å². The molecule has 94 valence electrons. The predicted molar refractivity (Wildman–Crippen MR) is 73.9 cm³/mol. The van der Waals surface area contributed by atoms with E-state index in [0.717, 1.165) is 16.7 Å². The molecule has 4 heteroatoms. The van der Waals surface area contributed by atoms with Crippen LogP contribution < -0.4 is 5.43 Å². The molecule has 0 aromatic heterocycles. The third-order valence-electron chi connectivity index (χ3n) is 3.44. The maximum absolute atomic E-state index is 9.61. The normalized spacial score (nSPS) is 31.6. The number of nitrogens with one attached hydrogen (secondary N) is 1. The fourth-order valence-corrected chi connectivity index (χ4v) is 2.36. The van der Waals surface area contributed by atoms with Crippen LogP contribution in [0.3, 0.4) is 0 Å². The van der Waals surface area contributed by atoms with Crippen LogP contribution in [0.1, 0.15) is 6.92 Å². The van der Waals surface area contributed by atoms with Crippen molar-refractivity contribution < 1.29 is 5.11 Å². The van der Waals surface area contributed by atoms with Gasteiger partial charge in [0.15, 0.2) is 17.4 Å². The number of hydrogen-bond acceptors (Lipinski definition) is 4. The molecule has 0 saturated carbocycles. The Labute approximate surface area is 112 Å². The minimum atomic E-state index is -0.0363. The van der Waals surface area contributed by atoms with Gasteiger partial charge in [0.25, 0.3) is 0 Å². The molecule has 2 N–H and O–H groups in total. The topological polar surface area (TPSA) is 57.0 Å². The Morgan fingerprint density at radius 1 is 1.47 bits per heavy atom. The van der Waals surface area contributed by atoms with Crippen LogP contribution in [0.2, 0.25) is 0 Å². The standard InChI is InChI=1S/C15H14N3O/c1-9-3-5-11(6-4-9)13-7-12(10(2)19)8-14-15(13)17-18-16-14/h3-8,14-15H,2H2,1H3,(H-,16,17,19)/q+1/p+1. The lowest BCUT2D eigenvalue weighted by Crippen LogP contribution is -2.34. The second kappa shape index (κ2) is 4.39. The first-order chi connectivity index (χ1) is 9.15. The van der Waals surface area contributed by atoms with E-state index >= 15 is 0 Å². The zero-order valence-electron chi connectivity index (χ0n) is 10.7. The van der Waals surface area contributed by atoms with E-state index in [2.05, 4.69) is 53.9 Å². The van der Waals surface area contributed by atoms with E-state index in [1.165, 1.54) is 5.57 Å². The Bertz CT molecular complexity index is 578. The lowest BCUT2D eigenvalue weighted by atomic mass is 9.82. The molecule has 0 radical (unpaired) electrons. The van der Waals surface area contributed by atoms with Crippen molar-refractivity contribution in [3.05, 3.63) is 71.8 Å². The Hall–Kier alpha value is -2.36. The average molecular weight is 253 g/mol. The van der Waals surface area contributed by atoms with Gasteiger partial charge < -0.3 is 5.11 Å². The fraction of sp³-hybridized carbons (Fsp3) is 0.200. The predicted octanol–water partition coefficient (Wildman–Crippen LogP) is 2.93. The van der Waals surface area contributed by atoms with Gasteiger partial charge in [-0.25, -0.2) is 0 Å². The van der Waals surface area contributed by atoms with Gasteiger partial charge in [-0.2, -0.15) is 0 Å². The molecule has 3 aliphatic rings. The molecule has 4 nitrogen and oxygen atoms in total. The maximum Gasteiger partial charge on any atom is 0.196 e. The van der Waals surface area contributed by atoms with E-state index in [0.29, 0.717) is 0 Å². The number of aliphatic hydroxyl groups is 1. The third-order valence-corrected chi connectivity index (χ3v) is 3.44. The van der Waals surface area contributed by atoms with Crippen LogP contribution in [0.5, 0.6) is 0 Å². The molecule has 1 aliphatic heterocycles. The van der Waals surface area contributed by atoms with Crippen LogP contribution in [0, 0.1) is 12.8 Å². The summed E-state index contributed by atoms with van der Waals surface area (Å²) in [5.74, 6) is 0.0664. The van der Waals surface area contributed by atoms with Gasteiger partial charge in [-0.1, -0.05) is 5.22 Å². The first kappa shape index (κ1) is 11.7. The number of nitrogens with zero attached hydrogens (tertiary/aromatic N) is 2. The highest BCUT2D eigenvalue weighted by atomic mass is 16.3. The van der Waals surface area contributed by atoms with Crippen LogP contribution in [-0.2, 0) is 0 Å². The van der Waals surface area contributed by atoms with Gasteiger partial charge in [0.2, 0.25) is 0 Å². The van der Waals surface area contributed by atoms with Crippen molar-refractivity contribution in [1.82, 2.24) is 5.43 Å². The molecular formula is C15H15N3O+2. The van der Waals surface area contributed by atoms with E-state index in [1.807, 2.05) is 12.5 Å². The van der Waals surface area contributed by atoms with Gasteiger partial charge in [0.05, 0.1) is 18.9 Å². The van der Waals surface area contributed by atoms with E-state index in [-0.39, 0.29) is 17.8 Å². The third kappa shape index (κ3) is 2.05. The van der Waals surface area contributed by atoms with Gasteiger partial charge >= 0.3 is 0 Å². The highest BCUT2D eigenvalue weighted by Gasteiger charge is 2.43. The van der Waals surface area contributed by atoms with Crippen LogP contribution in [-0.4, -0.2) is 17.2 Å². The van der Waals surface area contributed by atoms with E-state index in [9.17, 15) is 5.11 Å². The number of hydrogen-bond donors (Lipinski definition) is 2. The summed E-state index contributed by atoms with van der Waals surface area (Å²) < 4.78 is 0. The first-order valence-corrected chi connectivity index (χ1v) is 6.19. The Kier molecular flexibility index (Phi) is 2.71. The number of aliphatic hydroxyl groups excluding tert-OH is 1. The molecule has 0 bridgehead atoms. The summed E-state index contributed by atoms with van der Waals surface area (Å²) in [6.45, 7) is 5.64. The Balaban J connectivity index is 1.99. The largest absolute Gasteiger partial charge is 0.464 e. The number of rotatable bonds is 1. The summed E-state index contributed by atoms with van der Waals surface area (Å²) in [4.78, 5) is 0. The van der Waals surface area contributed by atoms with Crippen molar-refractivity contribution in [3.8, 4) is 0 Å². The first-order valence-electron chi connectivity index (χ1n) is 6.19. The summed E-state index contributed by atoms with van der Waals surface area (Å²) >= 11 is 0. The summed E-state index contributed by atoms with van der Waals surface area (Å²) in [6, 6.07) is -0.0500. The van der Waals surface area contributed by atoms with Crippen molar-refractivity contribution in [2.24, 2.45) is 10.3 Å². The quantitative estimate of drug-likeness (QED) is 0.557. The molecule has 3 rings (SSSR count). The monoisotopic (exact) mass is 253 g/mol. The molecule has 0 spiro atoms. The van der Waals surface area contributed by atoms with E-state index < -0.39 is 0 Å². The molecule has 2 atom stereocenters. The zero-order valence-corrected chi connectivity index (χ0v) is 10.7. The fourth-order valence-electron chi connectivity index (χ4n) is 2.36. The maximum atomic E-state index is 9.61.